The van der Waals surface area contributed by atoms with Gasteiger partial charge in [-0.15, -0.1) is 11.3 Å². The van der Waals surface area contributed by atoms with Crippen molar-refractivity contribution < 1.29 is 9.53 Å². The Morgan fingerprint density at radius 3 is 2.83 bits per heavy atom. The Balaban J connectivity index is 1.81. The van der Waals surface area contributed by atoms with E-state index in [4.69, 9.17) is 4.74 Å². The highest BCUT2D eigenvalue weighted by atomic mass is 79.9. The summed E-state index contributed by atoms with van der Waals surface area (Å²) in [7, 11) is 0. The van der Waals surface area contributed by atoms with E-state index in [0.29, 0.717) is 19.0 Å². The van der Waals surface area contributed by atoms with Crippen LogP contribution in [0.2, 0.25) is 0 Å². The molecule has 6 nitrogen and oxygen atoms in total. The summed E-state index contributed by atoms with van der Waals surface area (Å²) in [6.07, 6.45) is 1.27. The zero-order valence-electron chi connectivity index (χ0n) is 13.2. The Morgan fingerprint density at radius 2 is 2.17 bits per heavy atom. The first-order valence-electron chi connectivity index (χ1n) is 7.12. The van der Waals surface area contributed by atoms with Gasteiger partial charge in [0.2, 0.25) is 5.95 Å². The number of aromatic nitrogens is 2. The summed E-state index contributed by atoms with van der Waals surface area (Å²) < 4.78 is 6.19. The first kappa shape index (κ1) is 17.7. The number of nitrogens with zero attached hydrogens (tertiary/aromatic N) is 2. The van der Waals surface area contributed by atoms with Gasteiger partial charge in [0.15, 0.2) is 0 Å². The van der Waals surface area contributed by atoms with Crippen molar-refractivity contribution in [1.29, 1.82) is 0 Å². The molecule has 2 aromatic heterocycles. The van der Waals surface area contributed by atoms with Crippen LogP contribution in [0.5, 0.6) is 0 Å². The molecule has 0 aliphatic rings. The minimum atomic E-state index is -0.496. The van der Waals surface area contributed by atoms with Gasteiger partial charge in [-0.05, 0) is 48.8 Å². The Kier molecular flexibility index (Phi) is 5.95. The summed E-state index contributed by atoms with van der Waals surface area (Å²) in [6, 6.07) is 3.88. The molecule has 0 aliphatic heterocycles. The van der Waals surface area contributed by atoms with Crippen LogP contribution in [0.3, 0.4) is 0 Å². The third-order valence-corrected chi connectivity index (χ3v) is 4.27. The minimum Gasteiger partial charge on any atom is -0.444 e. The molecule has 0 aromatic carbocycles. The van der Waals surface area contributed by atoms with Gasteiger partial charge in [0.1, 0.15) is 5.60 Å². The molecule has 0 saturated heterocycles. The van der Waals surface area contributed by atoms with Gasteiger partial charge >= 0.3 is 6.09 Å². The lowest BCUT2D eigenvalue weighted by molar-refractivity contribution is 0.0530. The van der Waals surface area contributed by atoms with Crippen LogP contribution >= 0.6 is 27.3 Å². The SMILES string of the molecule is CC(C)(C)OC(=O)NCCNc1nccc(-c2cc(Br)cs2)n1. The smallest absolute Gasteiger partial charge is 0.407 e. The largest absolute Gasteiger partial charge is 0.444 e. The van der Waals surface area contributed by atoms with Crippen LogP contribution in [0.4, 0.5) is 10.7 Å². The average Bonchev–Trinajstić information content (AvgIpc) is 2.89. The maximum absolute atomic E-state index is 11.5. The minimum absolute atomic E-state index is 0.424. The van der Waals surface area contributed by atoms with Gasteiger partial charge in [0.25, 0.3) is 0 Å². The molecule has 2 N–H and O–H groups in total. The molecule has 1 amide bonds. The van der Waals surface area contributed by atoms with E-state index in [2.05, 4.69) is 36.5 Å². The number of amides is 1. The highest BCUT2D eigenvalue weighted by Crippen LogP contribution is 2.28. The van der Waals surface area contributed by atoms with Gasteiger partial charge in [0, 0.05) is 29.1 Å². The van der Waals surface area contributed by atoms with Crippen molar-refractivity contribution in [3.05, 3.63) is 28.2 Å². The van der Waals surface area contributed by atoms with E-state index in [1.54, 1.807) is 17.5 Å². The van der Waals surface area contributed by atoms with Gasteiger partial charge in [-0.1, -0.05) is 0 Å². The molecule has 0 fully saturated rings. The van der Waals surface area contributed by atoms with Crippen molar-refractivity contribution in [2.75, 3.05) is 18.4 Å². The highest BCUT2D eigenvalue weighted by Gasteiger charge is 2.15. The average molecular weight is 399 g/mol. The number of anilines is 1. The number of thiophene rings is 1. The standard InChI is InChI=1S/C15H19BrN4O2S/c1-15(2,3)22-14(21)19-7-6-18-13-17-5-4-11(20-13)12-8-10(16)9-23-12/h4-5,8-9H,6-7H2,1-3H3,(H,19,21)(H,17,18,20). The molecule has 0 saturated carbocycles. The molecule has 0 radical (unpaired) electrons. The number of alkyl carbamates (subject to hydrolysis) is 1. The molecule has 0 atom stereocenters. The van der Waals surface area contributed by atoms with Gasteiger partial charge in [-0.2, -0.15) is 0 Å². The van der Waals surface area contributed by atoms with Crippen LogP contribution < -0.4 is 10.6 Å². The lowest BCUT2D eigenvalue weighted by Crippen LogP contribution is -2.35. The number of carbonyl (C=O) groups is 1. The molecule has 2 heterocycles. The maximum atomic E-state index is 11.5. The second-order valence-corrected chi connectivity index (χ2v) is 7.58. The molecule has 0 unspecified atom stereocenters. The van der Waals surface area contributed by atoms with Crippen molar-refractivity contribution in [3.8, 4) is 10.6 Å². The van der Waals surface area contributed by atoms with Crippen LogP contribution in [-0.4, -0.2) is 34.8 Å². The third kappa shape index (κ3) is 6.15. The van der Waals surface area contributed by atoms with Crippen molar-refractivity contribution in [1.82, 2.24) is 15.3 Å². The number of nitrogens with one attached hydrogen (secondary N) is 2. The highest BCUT2D eigenvalue weighted by molar-refractivity contribution is 9.10. The molecule has 0 bridgehead atoms. The Hall–Kier alpha value is -1.67. The number of rotatable bonds is 5. The van der Waals surface area contributed by atoms with E-state index in [-0.39, 0.29) is 0 Å². The van der Waals surface area contributed by atoms with Crippen molar-refractivity contribution in [3.63, 3.8) is 0 Å². The van der Waals surface area contributed by atoms with E-state index in [0.717, 1.165) is 15.0 Å². The van der Waals surface area contributed by atoms with E-state index in [1.165, 1.54) is 0 Å². The van der Waals surface area contributed by atoms with Gasteiger partial charge in [-0.3, -0.25) is 0 Å². The Bertz CT molecular complexity index is 669. The lowest BCUT2D eigenvalue weighted by Gasteiger charge is -2.19. The maximum Gasteiger partial charge on any atom is 0.407 e. The summed E-state index contributed by atoms with van der Waals surface area (Å²) in [4.78, 5) is 21.2. The third-order valence-electron chi connectivity index (χ3n) is 2.55. The number of ether oxygens (including phenoxy) is 1. The molecule has 0 spiro atoms. The number of carbonyl (C=O) groups excluding carboxylic acids is 1. The molecule has 0 aliphatic carbocycles. The summed E-state index contributed by atoms with van der Waals surface area (Å²) >= 11 is 5.04. The van der Waals surface area contributed by atoms with Crippen LogP contribution in [0.25, 0.3) is 10.6 Å². The van der Waals surface area contributed by atoms with E-state index >= 15 is 0 Å². The van der Waals surface area contributed by atoms with Crippen LogP contribution in [0.1, 0.15) is 20.8 Å². The summed E-state index contributed by atoms with van der Waals surface area (Å²) in [5.41, 5.74) is 0.363. The molecule has 23 heavy (non-hydrogen) atoms. The van der Waals surface area contributed by atoms with E-state index in [1.807, 2.05) is 38.3 Å². The fourth-order valence-electron chi connectivity index (χ4n) is 1.68. The van der Waals surface area contributed by atoms with E-state index < -0.39 is 11.7 Å². The number of hydrogen-bond donors (Lipinski definition) is 2. The van der Waals surface area contributed by atoms with Crippen LogP contribution in [0, 0.1) is 0 Å². The molecular weight excluding hydrogens is 380 g/mol. The van der Waals surface area contributed by atoms with Crippen molar-refractivity contribution in [2.45, 2.75) is 26.4 Å². The molecule has 2 rings (SSSR count). The predicted octanol–water partition coefficient (Wildman–Crippen LogP) is 3.90. The molecular formula is C15H19BrN4O2S. The molecule has 8 heteroatoms. The summed E-state index contributed by atoms with van der Waals surface area (Å²) in [5, 5.41) is 7.77. The second kappa shape index (κ2) is 7.74. The van der Waals surface area contributed by atoms with Crippen molar-refractivity contribution in [2.24, 2.45) is 0 Å². The lowest BCUT2D eigenvalue weighted by atomic mass is 10.2. The summed E-state index contributed by atoms with van der Waals surface area (Å²) in [5.74, 6) is 0.526. The summed E-state index contributed by atoms with van der Waals surface area (Å²) in [6.45, 7) is 6.41. The zero-order chi connectivity index (χ0) is 16.9. The fraction of sp³-hybridized carbons (Fsp3) is 0.400. The number of halogens is 1. The van der Waals surface area contributed by atoms with Gasteiger partial charge in [0.05, 0.1) is 10.6 Å². The van der Waals surface area contributed by atoms with Crippen LogP contribution in [-0.2, 0) is 4.74 Å². The topological polar surface area (TPSA) is 76.1 Å². The van der Waals surface area contributed by atoms with Gasteiger partial charge in [-0.25, -0.2) is 14.8 Å². The fourth-order valence-corrected chi connectivity index (χ4v) is 3.08. The number of hydrogen-bond acceptors (Lipinski definition) is 6. The quantitative estimate of drug-likeness (QED) is 0.746. The van der Waals surface area contributed by atoms with Gasteiger partial charge < -0.3 is 15.4 Å². The monoisotopic (exact) mass is 398 g/mol. The van der Waals surface area contributed by atoms with Crippen molar-refractivity contribution >= 4 is 39.3 Å². The molecule has 124 valence electrons. The first-order chi connectivity index (χ1) is 10.8. The van der Waals surface area contributed by atoms with E-state index in [9.17, 15) is 4.79 Å². The zero-order valence-corrected chi connectivity index (χ0v) is 15.6. The second-order valence-electron chi connectivity index (χ2n) is 5.75. The molecule has 2 aromatic rings. The van der Waals surface area contributed by atoms with Crippen LogP contribution in [0.15, 0.2) is 28.2 Å². The normalized spacial score (nSPS) is 11.1. The Labute approximate surface area is 147 Å². The first-order valence-corrected chi connectivity index (χ1v) is 8.79. The Morgan fingerprint density at radius 1 is 1.39 bits per heavy atom. The predicted molar refractivity (Wildman–Crippen MR) is 95.8 cm³/mol.